The number of benzene rings is 1. The molecule has 228 valence electrons. The van der Waals surface area contributed by atoms with Crippen LogP contribution >= 0.6 is 0 Å². The zero-order chi connectivity index (χ0) is 30.1. The van der Waals surface area contributed by atoms with Gasteiger partial charge in [-0.1, -0.05) is 58.9 Å². The minimum absolute atomic E-state index is 0.129. The van der Waals surface area contributed by atoms with Crippen molar-refractivity contribution >= 4 is 11.8 Å². The molecule has 0 radical (unpaired) electrons. The lowest BCUT2D eigenvalue weighted by atomic mass is 9.96. The molecule has 2 aliphatic rings. The Kier molecular flexibility index (Phi) is 12.3. The molecule has 2 fully saturated rings. The number of amides is 2. The van der Waals surface area contributed by atoms with E-state index in [9.17, 15) is 19.8 Å². The van der Waals surface area contributed by atoms with Crippen LogP contribution in [0, 0.1) is 11.8 Å². The van der Waals surface area contributed by atoms with Crippen LogP contribution in [0.3, 0.4) is 0 Å². The molecule has 2 aromatic rings. The van der Waals surface area contributed by atoms with Gasteiger partial charge in [-0.15, -0.1) is 0 Å². The van der Waals surface area contributed by atoms with Crippen molar-refractivity contribution in [2.24, 2.45) is 11.8 Å². The first kappa shape index (κ1) is 32.7. The van der Waals surface area contributed by atoms with Crippen LogP contribution in [0.5, 0.6) is 0 Å². The number of nitrogens with one attached hydrogen (secondary N) is 1. The second-order valence-corrected chi connectivity index (χ2v) is 11.4. The summed E-state index contributed by atoms with van der Waals surface area (Å²) in [6.45, 7) is 15.7. The summed E-state index contributed by atoms with van der Waals surface area (Å²) in [4.78, 5) is 32.5. The summed E-state index contributed by atoms with van der Waals surface area (Å²) in [6.07, 6.45) is 1.27. The van der Waals surface area contributed by atoms with Crippen LogP contribution in [0.25, 0.3) is 11.3 Å². The Bertz CT molecular complexity index is 1100. The number of hydrogen-bond donors (Lipinski definition) is 3. The van der Waals surface area contributed by atoms with Crippen molar-refractivity contribution < 1.29 is 19.8 Å². The first-order valence-corrected chi connectivity index (χ1v) is 15.1. The van der Waals surface area contributed by atoms with E-state index < -0.39 is 18.2 Å². The number of carbonyl (C=O) groups is 2. The van der Waals surface area contributed by atoms with Gasteiger partial charge in [0.2, 0.25) is 11.8 Å². The minimum Gasteiger partial charge on any atom is -0.394 e. The number of hydrogen-bond acceptors (Lipinski definition) is 7. The fourth-order valence-corrected chi connectivity index (χ4v) is 5.30. The molecule has 4 rings (SSSR count). The molecule has 4 unspecified atom stereocenters. The molecule has 3 heterocycles. The monoisotopic (exact) mass is 570 g/mol. The average molecular weight is 571 g/mol. The quantitative estimate of drug-likeness (QED) is 0.401. The molecule has 2 amide bonds. The van der Waals surface area contributed by atoms with Crippen molar-refractivity contribution in [3.8, 4) is 11.3 Å². The molecule has 10 heteroatoms. The maximum atomic E-state index is 13.2. The van der Waals surface area contributed by atoms with Gasteiger partial charge in [-0.3, -0.25) is 19.2 Å². The van der Waals surface area contributed by atoms with Gasteiger partial charge in [0.05, 0.1) is 31.0 Å². The van der Waals surface area contributed by atoms with Crippen molar-refractivity contribution in [2.75, 3.05) is 52.9 Å². The van der Waals surface area contributed by atoms with E-state index in [2.05, 4.69) is 27.3 Å². The number of aliphatic hydroxyl groups excluding tert-OH is 2. The van der Waals surface area contributed by atoms with E-state index in [1.54, 1.807) is 0 Å². The summed E-state index contributed by atoms with van der Waals surface area (Å²) < 4.78 is 2.02. The minimum atomic E-state index is -0.753. The van der Waals surface area contributed by atoms with Crippen molar-refractivity contribution in [1.82, 2.24) is 29.8 Å². The zero-order valence-electron chi connectivity index (χ0n) is 25.7. The molecule has 0 aliphatic carbocycles. The molecular formula is C31H50N6O4. The van der Waals surface area contributed by atoms with Gasteiger partial charge in [-0.2, -0.15) is 5.10 Å². The second kappa shape index (κ2) is 15.4. The molecule has 2 saturated heterocycles. The standard InChI is InChI=1S/C29H44N6O4.C2H6/c1-20(2)21(3)29(39)34-18-24(37)17-27(34)28(38)31-25(19-36)22-5-7-23(8-6-22)26-9-10-30-35(26)16-15-33-13-11-32(4)12-14-33;1-2/h5-10,20-21,24-25,27,36-37H,11-19H2,1-4H3,(H,31,38);1-2H3. The van der Waals surface area contributed by atoms with Gasteiger partial charge < -0.3 is 25.3 Å². The van der Waals surface area contributed by atoms with E-state index in [-0.39, 0.29) is 43.2 Å². The number of aliphatic hydroxyl groups is 2. The molecule has 3 N–H and O–H groups in total. The summed E-state index contributed by atoms with van der Waals surface area (Å²) in [5.41, 5.74) is 2.80. The number of piperazine rings is 1. The molecule has 4 atom stereocenters. The molecule has 10 nitrogen and oxygen atoms in total. The van der Waals surface area contributed by atoms with Crippen molar-refractivity contribution in [1.29, 1.82) is 0 Å². The predicted octanol–water partition coefficient (Wildman–Crippen LogP) is 2.23. The first-order valence-electron chi connectivity index (χ1n) is 15.1. The Morgan fingerprint density at radius 3 is 2.29 bits per heavy atom. The van der Waals surface area contributed by atoms with Crippen LogP contribution in [0.15, 0.2) is 36.5 Å². The summed E-state index contributed by atoms with van der Waals surface area (Å²) in [6, 6.07) is 8.39. The lowest BCUT2D eigenvalue weighted by molar-refractivity contribution is -0.142. The second-order valence-electron chi connectivity index (χ2n) is 11.4. The number of likely N-dealkylation sites (tertiary alicyclic amines) is 1. The highest BCUT2D eigenvalue weighted by Gasteiger charge is 2.41. The number of likely N-dealkylation sites (N-methyl/N-ethyl adjacent to an activating group) is 1. The molecule has 0 saturated carbocycles. The normalized spacial score (nSPS) is 21.3. The topological polar surface area (TPSA) is 114 Å². The predicted molar refractivity (Wildman–Crippen MR) is 161 cm³/mol. The van der Waals surface area contributed by atoms with Crippen molar-refractivity contribution in [2.45, 2.75) is 65.8 Å². The third-order valence-corrected chi connectivity index (χ3v) is 8.30. The fraction of sp³-hybridized carbons (Fsp3) is 0.645. The van der Waals surface area contributed by atoms with Crippen LogP contribution in [0.4, 0.5) is 0 Å². The van der Waals surface area contributed by atoms with E-state index in [1.807, 2.05) is 75.8 Å². The van der Waals surface area contributed by atoms with E-state index >= 15 is 0 Å². The maximum absolute atomic E-state index is 13.2. The highest BCUT2D eigenvalue weighted by molar-refractivity contribution is 5.89. The summed E-state index contributed by atoms with van der Waals surface area (Å²) in [5.74, 6) is -0.607. The van der Waals surface area contributed by atoms with E-state index in [1.165, 1.54) is 4.90 Å². The van der Waals surface area contributed by atoms with E-state index in [0.717, 1.165) is 56.1 Å². The van der Waals surface area contributed by atoms with Crippen LogP contribution in [0.1, 0.15) is 52.6 Å². The summed E-state index contributed by atoms with van der Waals surface area (Å²) >= 11 is 0. The molecule has 0 spiro atoms. The van der Waals surface area contributed by atoms with E-state index in [4.69, 9.17) is 0 Å². The number of carbonyl (C=O) groups excluding carboxylic acids is 2. The largest absolute Gasteiger partial charge is 0.394 e. The van der Waals surface area contributed by atoms with Gasteiger partial charge in [-0.05, 0) is 30.2 Å². The molecule has 41 heavy (non-hydrogen) atoms. The third kappa shape index (κ3) is 8.38. The average Bonchev–Trinajstić information content (AvgIpc) is 3.62. The Morgan fingerprint density at radius 1 is 1.02 bits per heavy atom. The summed E-state index contributed by atoms with van der Waals surface area (Å²) in [5, 5.41) is 27.8. The van der Waals surface area contributed by atoms with Gasteiger partial charge in [0.15, 0.2) is 0 Å². The number of β-amino-alcohol motifs (C(OH)–C–C–N with tert-alkyl or cyclic N) is 1. The number of aromatic nitrogens is 2. The maximum Gasteiger partial charge on any atom is 0.243 e. The number of nitrogens with zero attached hydrogens (tertiary/aromatic N) is 5. The van der Waals surface area contributed by atoms with Gasteiger partial charge in [0, 0.05) is 57.8 Å². The fourth-order valence-electron chi connectivity index (χ4n) is 5.30. The zero-order valence-corrected chi connectivity index (χ0v) is 25.7. The van der Waals surface area contributed by atoms with Crippen LogP contribution < -0.4 is 5.32 Å². The number of rotatable bonds is 10. The van der Waals surface area contributed by atoms with Gasteiger partial charge in [0.1, 0.15) is 6.04 Å². The highest BCUT2D eigenvalue weighted by atomic mass is 16.3. The Balaban J connectivity index is 0.00000226. The molecular weight excluding hydrogens is 520 g/mol. The van der Waals surface area contributed by atoms with Crippen molar-refractivity contribution in [3.05, 3.63) is 42.1 Å². The lowest BCUT2D eigenvalue weighted by Gasteiger charge is -2.32. The Hall–Kier alpha value is -2.79. The van der Waals surface area contributed by atoms with E-state index in [0.29, 0.717) is 0 Å². The molecule has 1 aromatic carbocycles. The van der Waals surface area contributed by atoms with Crippen LogP contribution in [0.2, 0.25) is 0 Å². The van der Waals surface area contributed by atoms with Gasteiger partial charge >= 0.3 is 0 Å². The Morgan fingerprint density at radius 2 is 1.68 bits per heavy atom. The molecule has 0 bridgehead atoms. The van der Waals surface area contributed by atoms with Gasteiger partial charge in [-0.25, -0.2) is 0 Å². The summed E-state index contributed by atoms with van der Waals surface area (Å²) in [7, 11) is 2.16. The third-order valence-electron chi connectivity index (χ3n) is 8.30. The van der Waals surface area contributed by atoms with Crippen LogP contribution in [-0.4, -0.2) is 112 Å². The molecule has 1 aromatic heterocycles. The lowest BCUT2D eigenvalue weighted by Crippen LogP contribution is -2.49. The smallest absolute Gasteiger partial charge is 0.243 e. The van der Waals surface area contributed by atoms with Crippen LogP contribution in [-0.2, 0) is 16.1 Å². The van der Waals surface area contributed by atoms with Gasteiger partial charge in [0.25, 0.3) is 0 Å². The highest BCUT2D eigenvalue weighted by Crippen LogP contribution is 2.26. The van der Waals surface area contributed by atoms with Crippen molar-refractivity contribution in [3.63, 3.8) is 0 Å². The SMILES string of the molecule is CC.CC(C)C(C)C(=O)N1CC(O)CC1C(=O)NC(CO)c1ccc(-c2ccnn2CCN2CCN(C)CC2)cc1. The first-order chi connectivity index (χ1) is 19.7. The molecule has 2 aliphatic heterocycles. The Labute approximate surface area is 245 Å².